The van der Waals surface area contributed by atoms with Crippen molar-refractivity contribution in [1.29, 1.82) is 0 Å². The van der Waals surface area contributed by atoms with Crippen LogP contribution in [0.1, 0.15) is 81.1 Å². The van der Waals surface area contributed by atoms with E-state index in [1.807, 2.05) is 0 Å². The number of hydrogen-bond acceptors (Lipinski definition) is 9. The van der Waals surface area contributed by atoms with Crippen molar-refractivity contribution in [3.05, 3.63) is 0 Å². The minimum atomic E-state index is 0.0320. The Kier molecular flexibility index (Phi) is 7.23. The molecule has 3 aliphatic heterocycles. The Bertz CT molecular complexity index is 937. The number of aromatic nitrogens is 3. The Morgan fingerprint density at radius 3 is 1.86 bits per heavy atom. The third-order valence-electron chi connectivity index (χ3n) is 10.4. The summed E-state index contributed by atoms with van der Waals surface area (Å²) in [6, 6.07) is 0.761. The maximum absolute atomic E-state index is 9.59. The number of anilines is 3. The van der Waals surface area contributed by atoms with Crippen molar-refractivity contribution in [2.24, 2.45) is 0 Å². The molecule has 10 nitrogen and oxygen atoms in total. The van der Waals surface area contributed by atoms with Gasteiger partial charge in [0.1, 0.15) is 0 Å². The topological polar surface area (TPSA) is 98.7 Å². The molecule has 0 aliphatic carbocycles. The summed E-state index contributed by atoms with van der Waals surface area (Å²) in [7, 11) is 4.80. The standard InChI is InChI=1S/C27H51N8O2/c1-24(2)17-20(18-25(3,4)33(24)9)35(10)26(5,6)15-19(16-27(35,7)8)28-21-29-22(32-36)31-23(30-21)34-11-13-37-14-12-34/h19-20,36H,11-18H2,1-10H3,(H2,28,29,30,31,32)/q+1. The Morgan fingerprint density at radius 2 is 1.35 bits per heavy atom. The first-order chi connectivity index (χ1) is 17.0. The van der Waals surface area contributed by atoms with Crippen LogP contribution in [-0.4, -0.2) is 104 Å². The van der Waals surface area contributed by atoms with Crippen molar-refractivity contribution < 1.29 is 14.4 Å². The lowest BCUT2D eigenvalue weighted by Crippen LogP contribution is -2.80. The van der Waals surface area contributed by atoms with E-state index in [1.54, 1.807) is 0 Å². The van der Waals surface area contributed by atoms with Gasteiger partial charge in [-0.25, -0.2) is 5.48 Å². The maximum Gasteiger partial charge on any atom is 0.253 e. The van der Waals surface area contributed by atoms with Gasteiger partial charge in [0, 0.05) is 55.9 Å². The van der Waals surface area contributed by atoms with E-state index in [4.69, 9.17) is 9.72 Å². The van der Waals surface area contributed by atoms with Crippen LogP contribution < -0.4 is 15.7 Å². The van der Waals surface area contributed by atoms with E-state index < -0.39 is 0 Å². The first-order valence-corrected chi connectivity index (χ1v) is 13.9. The zero-order chi connectivity index (χ0) is 27.4. The summed E-state index contributed by atoms with van der Waals surface area (Å²) < 4.78 is 6.52. The second kappa shape index (κ2) is 9.47. The molecule has 4 rings (SSSR count). The molecule has 4 heterocycles. The first-order valence-electron chi connectivity index (χ1n) is 13.9. The van der Waals surface area contributed by atoms with Crippen LogP contribution in [0.2, 0.25) is 0 Å². The summed E-state index contributed by atoms with van der Waals surface area (Å²) in [6.07, 6.45) is 4.35. The fraction of sp³-hybridized carbons (Fsp3) is 0.889. The number of hydrogen-bond donors (Lipinski definition) is 3. The van der Waals surface area contributed by atoms with Crippen molar-refractivity contribution in [2.75, 3.05) is 56.1 Å². The third-order valence-corrected chi connectivity index (χ3v) is 10.4. The van der Waals surface area contributed by atoms with Gasteiger partial charge in [-0.2, -0.15) is 15.0 Å². The molecule has 3 N–H and O–H groups in total. The SMILES string of the molecule is CN1C(C)(C)CC([N+]2(C)C(C)(C)CC(Nc3nc(NO)nc(N4CCOCC4)n3)CC2(C)C)CC1(C)C. The van der Waals surface area contributed by atoms with Crippen LogP contribution in [0.25, 0.3) is 0 Å². The predicted octanol–water partition coefficient (Wildman–Crippen LogP) is 3.74. The number of morpholine rings is 1. The molecule has 1 aromatic rings. The highest BCUT2D eigenvalue weighted by molar-refractivity contribution is 5.43. The molecule has 37 heavy (non-hydrogen) atoms. The van der Waals surface area contributed by atoms with Gasteiger partial charge in [-0.05, 0) is 62.4 Å². The summed E-state index contributed by atoms with van der Waals surface area (Å²) in [5, 5.41) is 13.2. The largest absolute Gasteiger partial charge is 0.378 e. The average Bonchev–Trinajstić information content (AvgIpc) is 2.80. The summed E-state index contributed by atoms with van der Waals surface area (Å²) in [6.45, 7) is 22.1. The van der Waals surface area contributed by atoms with E-state index in [-0.39, 0.29) is 34.1 Å². The van der Waals surface area contributed by atoms with Crippen molar-refractivity contribution in [3.8, 4) is 0 Å². The number of quaternary nitrogens is 1. The van der Waals surface area contributed by atoms with Crippen LogP contribution in [0.3, 0.4) is 0 Å². The number of likely N-dealkylation sites (tertiary alicyclic amines) is 2. The van der Waals surface area contributed by atoms with Crippen LogP contribution >= 0.6 is 0 Å². The van der Waals surface area contributed by atoms with Gasteiger partial charge in [0.2, 0.25) is 11.9 Å². The monoisotopic (exact) mass is 519 g/mol. The minimum Gasteiger partial charge on any atom is -0.378 e. The van der Waals surface area contributed by atoms with Gasteiger partial charge in [0.15, 0.2) is 0 Å². The maximum atomic E-state index is 9.59. The first kappa shape index (κ1) is 28.3. The van der Waals surface area contributed by atoms with Gasteiger partial charge in [0.05, 0.1) is 37.4 Å². The minimum absolute atomic E-state index is 0.0320. The molecule has 10 heteroatoms. The molecule has 3 fully saturated rings. The van der Waals surface area contributed by atoms with E-state index in [0.29, 0.717) is 31.2 Å². The van der Waals surface area contributed by atoms with E-state index in [1.165, 1.54) is 12.8 Å². The smallest absolute Gasteiger partial charge is 0.253 e. The van der Waals surface area contributed by atoms with E-state index in [9.17, 15) is 5.21 Å². The molecule has 0 spiro atoms. The van der Waals surface area contributed by atoms with Gasteiger partial charge in [-0.15, -0.1) is 0 Å². The highest BCUT2D eigenvalue weighted by Crippen LogP contribution is 2.52. The summed E-state index contributed by atoms with van der Waals surface area (Å²) in [4.78, 5) is 18.2. The van der Waals surface area contributed by atoms with Crippen LogP contribution in [0, 0.1) is 0 Å². The zero-order valence-corrected chi connectivity index (χ0v) is 24.9. The Labute approximate surface area is 223 Å². The highest BCUT2D eigenvalue weighted by Gasteiger charge is 2.62. The number of nitrogens with zero attached hydrogens (tertiary/aromatic N) is 6. The van der Waals surface area contributed by atoms with E-state index in [0.717, 1.165) is 30.4 Å². The highest BCUT2D eigenvalue weighted by atomic mass is 16.5. The molecule has 1 aromatic heterocycles. The zero-order valence-electron chi connectivity index (χ0n) is 24.9. The summed E-state index contributed by atoms with van der Waals surface area (Å²) >= 11 is 0. The fourth-order valence-electron chi connectivity index (χ4n) is 7.82. The van der Waals surface area contributed by atoms with Crippen molar-refractivity contribution in [1.82, 2.24) is 19.9 Å². The predicted molar refractivity (Wildman–Crippen MR) is 148 cm³/mol. The second-order valence-corrected chi connectivity index (χ2v) is 14.2. The van der Waals surface area contributed by atoms with Crippen molar-refractivity contribution >= 4 is 17.8 Å². The molecule has 0 atom stereocenters. The van der Waals surface area contributed by atoms with Crippen LogP contribution in [-0.2, 0) is 4.74 Å². The fourth-order valence-corrected chi connectivity index (χ4v) is 7.82. The molecular formula is C27H51N8O2+. The van der Waals surface area contributed by atoms with E-state index >= 15 is 0 Å². The van der Waals surface area contributed by atoms with Crippen LogP contribution in [0.5, 0.6) is 0 Å². The van der Waals surface area contributed by atoms with Gasteiger partial charge in [-0.3, -0.25) is 10.1 Å². The second-order valence-electron chi connectivity index (χ2n) is 14.2. The molecule has 0 unspecified atom stereocenters. The summed E-state index contributed by atoms with van der Waals surface area (Å²) in [5.41, 5.74) is 2.47. The van der Waals surface area contributed by atoms with Crippen LogP contribution in [0.4, 0.5) is 17.8 Å². The number of piperidine rings is 2. The van der Waals surface area contributed by atoms with Gasteiger partial charge < -0.3 is 19.4 Å². The lowest BCUT2D eigenvalue weighted by molar-refractivity contribution is -1.03. The van der Waals surface area contributed by atoms with Crippen molar-refractivity contribution in [3.63, 3.8) is 0 Å². The Hall–Kier alpha value is -1.75. The molecule has 0 amide bonds. The van der Waals surface area contributed by atoms with Gasteiger partial charge in [-0.1, -0.05) is 0 Å². The Balaban J connectivity index is 1.60. The number of ether oxygens (including phenoxy) is 1. The molecule has 3 saturated heterocycles. The molecule has 210 valence electrons. The van der Waals surface area contributed by atoms with Gasteiger partial charge >= 0.3 is 0 Å². The third kappa shape index (κ3) is 5.02. The average molecular weight is 520 g/mol. The molecular weight excluding hydrogens is 468 g/mol. The van der Waals surface area contributed by atoms with Crippen LogP contribution in [0.15, 0.2) is 0 Å². The van der Waals surface area contributed by atoms with Crippen molar-refractivity contribution in [2.45, 2.75) is 115 Å². The molecule has 3 aliphatic rings. The molecule has 0 saturated carbocycles. The lowest BCUT2D eigenvalue weighted by atomic mass is 9.68. The van der Waals surface area contributed by atoms with Gasteiger partial charge in [0.25, 0.3) is 5.95 Å². The molecule has 0 radical (unpaired) electrons. The van der Waals surface area contributed by atoms with E-state index in [2.05, 4.69) is 100 Å². The molecule has 0 bridgehead atoms. The lowest BCUT2D eigenvalue weighted by Gasteiger charge is -2.68. The quantitative estimate of drug-likeness (QED) is 0.397. The number of rotatable bonds is 5. The normalized spacial score (nSPS) is 31.6. The Morgan fingerprint density at radius 1 is 0.838 bits per heavy atom. The number of nitrogens with one attached hydrogen (secondary N) is 2. The molecule has 0 aromatic carbocycles. The summed E-state index contributed by atoms with van der Waals surface area (Å²) in [5.74, 6) is 1.22.